The van der Waals surface area contributed by atoms with Gasteiger partial charge in [0.25, 0.3) is 0 Å². The van der Waals surface area contributed by atoms with Crippen molar-refractivity contribution in [3.05, 3.63) is 130 Å². The van der Waals surface area contributed by atoms with Gasteiger partial charge in [0.1, 0.15) is 5.75 Å². The molecule has 4 aromatic rings. The third-order valence-corrected chi connectivity index (χ3v) is 7.21. The maximum Gasteiger partial charge on any atom is 0.119 e. The van der Waals surface area contributed by atoms with Gasteiger partial charge in [-0.3, -0.25) is 0 Å². The second kappa shape index (κ2) is 9.41. The minimum Gasteiger partial charge on any atom is -0.494 e. The average molecular weight is 495 g/mol. The molecule has 0 radical (unpaired) electrons. The zero-order chi connectivity index (χ0) is 22.7. The SMILES string of the molecule is C=Cc1ccc(OCCCCC2(c3ccccc3)c3ccccc3-c3ccc(Br)cc32)cc1. The lowest BCUT2D eigenvalue weighted by Gasteiger charge is -2.33. The van der Waals surface area contributed by atoms with E-state index in [-0.39, 0.29) is 5.41 Å². The summed E-state index contributed by atoms with van der Waals surface area (Å²) in [4.78, 5) is 0. The first kappa shape index (κ1) is 21.7. The van der Waals surface area contributed by atoms with Crippen molar-refractivity contribution in [2.24, 2.45) is 0 Å². The molecule has 0 saturated heterocycles. The Hall–Kier alpha value is -3.10. The smallest absolute Gasteiger partial charge is 0.119 e. The van der Waals surface area contributed by atoms with Crippen LogP contribution in [-0.2, 0) is 5.41 Å². The van der Waals surface area contributed by atoms with E-state index in [0.717, 1.165) is 35.0 Å². The van der Waals surface area contributed by atoms with Crippen LogP contribution in [0.5, 0.6) is 5.75 Å². The third-order valence-electron chi connectivity index (χ3n) is 6.72. The second-order valence-electron chi connectivity index (χ2n) is 8.59. The second-order valence-corrected chi connectivity index (χ2v) is 9.50. The number of hydrogen-bond donors (Lipinski definition) is 0. The number of fused-ring (bicyclic) bond motifs is 3. The summed E-state index contributed by atoms with van der Waals surface area (Å²) in [5, 5.41) is 0. The summed E-state index contributed by atoms with van der Waals surface area (Å²) in [6.45, 7) is 4.52. The predicted octanol–water partition coefficient (Wildman–Crippen LogP) is 8.66. The molecule has 4 aromatic carbocycles. The molecule has 1 atom stereocenters. The Morgan fingerprint density at radius 2 is 1.48 bits per heavy atom. The molecule has 1 aliphatic carbocycles. The summed E-state index contributed by atoms with van der Waals surface area (Å²) >= 11 is 3.74. The first-order chi connectivity index (χ1) is 16.2. The van der Waals surface area contributed by atoms with E-state index < -0.39 is 0 Å². The van der Waals surface area contributed by atoms with E-state index >= 15 is 0 Å². The van der Waals surface area contributed by atoms with Crippen molar-refractivity contribution in [3.8, 4) is 16.9 Å². The number of unbranched alkanes of at least 4 members (excludes halogenated alkanes) is 1. The molecule has 0 bridgehead atoms. The molecule has 33 heavy (non-hydrogen) atoms. The lowest BCUT2D eigenvalue weighted by molar-refractivity contribution is 0.301. The van der Waals surface area contributed by atoms with Crippen LogP contribution in [0.1, 0.15) is 41.5 Å². The molecular formula is C31H27BrO. The molecule has 2 heteroatoms. The highest BCUT2D eigenvalue weighted by Crippen LogP contribution is 2.55. The van der Waals surface area contributed by atoms with Gasteiger partial charge < -0.3 is 4.74 Å². The lowest BCUT2D eigenvalue weighted by Crippen LogP contribution is -2.27. The third kappa shape index (κ3) is 4.05. The van der Waals surface area contributed by atoms with Gasteiger partial charge in [-0.25, -0.2) is 0 Å². The molecule has 0 fully saturated rings. The van der Waals surface area contributed by atoms with Gasteiger partial charge in [-0.1, -0.05) is 101 Å². The molecule has 1 aliphatic rings. The standard InChI is InChI=1S/C31H27BrO/c1-2-23-14-17-26(18-15-23)33-21-9-8-20-31(24-10-4-3-5-11-24)29-13-7-6-12-27(29)28-19-16-25(32)22-30(28)31/h2-7,10-19,22H,1,8-9,20-21H2. The average Bonchev–Trinajstić information content (AvgIpc) is 3.14. The summed E-state index contributed by atoms with van der Waals surface area (Å²) in [6, 6.07) is 34.7. The number of ether oxygens (including phenoxy) is 1. The largest absolute Gasteiger partial charge is 0.494 e. The summed E-state index contributed by atoms with van der Waals surface area (Å²) in [5.41, 5.74) is 7.81. The summed E-state index contributed by atoms with van der Waals surface area (Å²) in [6.07, 6.45) is 4.96. The van der Waals surface area contributed by atoms with Crippen LogP contribution in [0.3, 0.4) is 0 Å². The fourth-order valence-corrected chi connectivity index (χ4v) is 5.53. The van der Waals surface area contributed by atoms with Crippen LogP contribution in [0.25, 0.3) is 17.2 Å². The number of hydrogen-bond acceptors (Lipinski definition) is 1. The Labute approximate surface area is 204 Å². The quantitative estimate of drug-likeness (QED) is 0.222. The van der Waals surface area contributed by atoms with Gasteiger partial charge in [0.2, 0.25) is 0 Å². The van der Waals surface area contributed by atoms with Crippen LogP contribution in [0, 0.1) is 0 Å². The van der Waals surface area contributed by atoms with Crippen molar-refractivity contribution in [1.29, 1.82) is 0 Å². The maximum absolute atomic E-state index is 6.03. The molecule has 164 valence electrons. The minimum absolute atomic E-state index is 0.150. The number of benzene rings is 4. The Balaban J connectivity index is 1.43. The van der Waals surface area contributed by atoms with Crippen LogP contribution in [0.4, 0.5) is 0 Å². The number of rotatable bonds is 8. The predicted molar refractivity (Wildman–Crippen MR) is 142 cm³/mol. The van der Waals surface area contributed by atoms with E-state index in [2.05, 4.69) is 95.3 Å². The van der Waals surface area contributed by atoms with Crippen LogP contribution < -0.4 is 4.74 Å². The van der Waals surface area contributed by atoms with Crippen molar-refractivity contribution in [3.63, 3.8) is 0 Å². The van der Waals surface area contributed by atoms with E-state index in [1.807, 2.05) is 30.3 Å². The first-order valence-electron chi connectivity index (χ1n) is 11.5. The van der Waals surface area contributed by atoms with E-state index in [9.17, 15) is 0 Å². The van der Waals surface area contributed by atoms with Crippen molar-refractivity contribution in [1.82, 2.24) is 0 Å². The van der Waals surface area contributed by atoms with Crippen LogP contribution in [0.2, 0.25) is 0 Å². The van der Waals surface area contributed by atoms with Gasteiger partial charge in [0, 0.05) is 9.89 Å². The van der Waals surface area contributed by atoms with Gasteiger partial charge in [-0.2, -0.15) is 0 Å². The van der Waals surface area contributed by atoms with E-state index in [1.54, 1.807) is 0 Å². The highest BCUT2D eigenvalue weighted by molar-refractivity contribution is 9.10. The van der Waals surface area contributed by atoms with E-state index in [0.29, 0.717) is 6.61 Å². The van der Waals surface area contributed by atoms with Gasteiger partial charge in [0.15, 0.2) is 0 Å². The molecule has 0 heterocycles. The van der Waals surface area contributed by atoms with Crippen LogP contribution in [0.15, 0.2) is 108 Å². The monoisotopic (exact) mass is 494 g/mol. The Morgan fingerprint density at radius 1 is 0.758 bits per heavy atom. The molecule has 0 aliphatic heterocycles. The number of halogens is 1. The lowest BCUT2D eigenvalue weighted by atomic mass is 9.69. The van der Waals surface area contributed by atoms with Crippen molar-refractivity contribution < 1.29 is 4.74 Å². The Kier molecular flexibility index (Phi) is 6.20. The molecule has 0 aromatic heterocycles. The van der Waals surface area contributed by atoms with Gasteiger partial charge in [0.05, 0.1) is 6.61 Å². The molecule has 1 nitrogen and oxygen atoms in total. The van der Waals surface area contributed by atoms with E-state index in [4.69, 9.17) is 4.74 Å². The van der Waals surface area contributed by atoms with Crippen LogP contribution in [-0.4, -0.2) is 6.61 Å². The highest BCUT2D eigenvalue weighted by atomic mass is 79.9. The molecule has 0 spiro atoms. The fourth-order valence-electron chi connectivity index (χ4n) is 5.17. The minimum atomic E-state index is -0.150. The van der Waals surface area contributed by atoms with E-state index in [1.165, 1.54) is 27.8 Å². The molecule has 0 N–H and O–H groups in total. The molecule has 5 rings (SSSR count). The van der Waals surface area contributed by atoms with Crippen LogP contribution >= 0.6 is 15.9 Å². The normalized spacial score (nSPS) is 16.2. The summed E-state index contributed by atoms with van der Waals surface area (Å²) in [7, 11) is 0. The Bertz CT molecular complexity index is 1260. The van der Waals surface area contributed by atoms with Gasteiger partial charge in [-0.15, -0.1) is 0 Å². The molecule has 1 unspecified atom stereocenters. The summed E-state index contributed by atoms with van der Waals surface area (Å²) in [5.74, 6) is 0.916. The molecule has 0 saturated carbocycles. The maximum atomic E-state index is 6.03. The van der Waals surface area contributed by atoms with Gasteiger partial charge >= 0.3 is 0 Å². The topological polar surface area (TPSA) is 9.23 Å². The summed E-state index contributed by atoms with van der Waals surface area (Å²) < 4.78 is 7.15. The van der Waals surface area contributed by atoms with Crippen molar-refractivity contribution >= 4 is 22.0 Å². The highest BCUT2D eigenvalue weighted by Gasteiger charge is 2.43. The zero-order valence-electron chi connectivity index (χ0n) is 18.6. The molecular weight excluding hydrogens is 468 g/mol. The first-order valence-corrected chi connectivity index (χ1v) is 12.3. The Morgan fingerprint density at radius 3 is 2.27 bits per heavy atom. The van der Waals surface area contributed by atoms with Crippen molar-refractivity contribution in [2.75, 3.05) is 6.61 Å². The van der Waals surface area contributed by atoms with Crippen molar-refractivity contribution in [2.45, 2.75) is 24.7 Å². The fraction of sp³-hybridized carbons (Fsp3) is 0.161. The van der Waals surface area contributed by atoms with Gasteiger partial charge in [-0.05, 0) is 76.9 Å². The molecule has 0 amide bonds. The zero-order valence-corrected chi connectivity index (χ0v) is 20.2.